The first kappa shape index (κ1) is 24.9. The summed E-state index contributed by atoms with van der Waals surface area (Å²) in [6.45, 7) is 5.36. The van der Waals surface area contributed by atoms with Gasteiger partial charge in [-0.25, -0.2) is 4.99 Å². The van der Waals surface area contributed by atoms with Crippen LogP contribution in [0.3, 0.4) is 0 Å². The lowest BCUT2D eigenvalue weighted by Gasteiger charge is -2.38. The maximum Gasteiger partial charge on any atom is 0.257 e. The summed E-state index contributed by atoms with van der Waals surface area (Å²) in [5.41, 5.74) is 2.23. The average molecular weight is 489 g/mol. The van der Waals surface area contributed by atoms with Crippen LogP contribution in [-0.2, 0) is 0 Å². The zero-order valence-electron chi connectivity index (χ0n) is 20.9. The van der Waals surface area contributed by atoms with Gasteiger partial charge in [-0.1, -0.05) is 24.3 Å². The van der Waals surface area contributed by atoms with Crippen LogP contribution in [0, 0.1) is 0 Å². The summed E-state index contributed by atoms with van der Waals surface area (Å²) in [5.74, 6) is 2.46. The monoisotopic (exact) mass is 488 g/mol. The van der Waals surface area contributed by atoms with Gasteiger partial charge in [0.1, 0.15) is 22.9 Å². The van der Waals surface area contributed by atoms with Crippen LogP contribution in [0.15, 0.2) is 77.8 Å². The van der Waals surface area contributed by atoms with Gasteiger partial charge in [-0.2, -0.15) is 0 Å². The Morgan fingerprint density at radius 3 is 2.17 bits per heavy atom. The molecule has 4 rings (SSSR count). The fourth-order valence-electron chi connectivity index (χ4n) is 4.11. The number of aliphatic imine (C=N–C) groups is 1. The van der Waals surface area contributed by atoms with Crippen molar-refractivity contribution in [3.8, 4) is 17.2 Å². The minimum atomic E-state index is -0.237. The number of para-hydroxylation sites is 4. The van der Waals surface area contributed by atoms with Crippen LogP contribution in [0.2, 0.25) is 0 Å². The summed E-state index contributed by atoms with van der Waals surface area (Å²) in [6, 6.07) is 22.6. The van der Waals surface area contributed by atoms with E-state index in [1.54, 1.807) is 38.5 Å². The van der Waals surface area contributed by atoms with Gasteiger partial charge in [-0.05, 0) is 55.5 Å². The summed E-state index contributed by atoms with van der Waals surface area (Å²) in [5, 5.41) is 3.03. The highest BCUT2D eigenvalue weighted by Gasteiger charge is 2.24. The lowest BCUT2D eigenvalue weighted by Crippen LogP contribution is -2.53. The third kappa shape index (κ3) is 5.89. The van der Waals surface area contributed by atoms with Gasteiger partial charge in [-0.15, -0.1) is 0 Å². The van der Waals surface area contributed by atoms with Crippen molar-refractivity contribution in [2.75, 3.05) is 51.9 Å². The highest BCUT2D eigenvalue weighted by atomic mass is 16.5. The van der Waals surface area contributed by atoms with Crippen LogP contribution in [0.5, 0.6) is 17.2 Å². The van der Waals surface area contributed by atoms with E-state index >= 15 is 0 Å². The van der Waals surface area contributed by atoms with E-state index in [0.717, 1.165) is 30.3 Å². The third-order valence-electron chi connectivity index (χ3n) is 5.97. The highest BCUT2D eigenvalue weighted by Crippen LogP contribution is 2.29. The lowest BCUT2D eigenvalue weighted by atomic mass is 10.2. The van der Waals surface area contributed by atoms with Gasteiger partial charge in [0.15, 0.2) is 0 Å². The van der Waals surface area contributed by atoms with Crippen LogP contribution in [0.4, 0.5) is 11.4 Å². The molecule has 0 aromatic heterocycles. The highest BCUT2D eigenvalue weighted by molar-refractivity contribution is 6.06. The number of hydrogen-bond acceptors (Lipinski definition) is 6. The van der Waals surface area contributed by atoms with Crippen molar-refractivity contribution in [3.05, 3.63) is 78.4 Å². The SMILES string of the molecule is CCOc1ccc(C(=O)NC(=Nc2ccccc2OC)N2CCN(c3ccccc3OC)CC2)cc1. The fraction of sp³-hybridized carbons (Fsp3) is 0.286. The summed E-state index contributed by atoms with van der Waals surface area (Å²) < 4.78 is 16.5. The molecule has 1 aliphatic heterocycles. The van der Waals surface area contributed by atoms with E-state index in [0.29, 0.717) is 42.7 Å². The van der Waals surface area contributed by atoms with Gasteiger partial charge in [0, 0.05) is 31.7 Å². The molecule has 3 aromatic rings. The average Bonchev–Trinajstić information content (AvgIpc) is 2.93. The molecule has 1 amide bonds. The standard InChI is InChI=1S/C28H32N4O4/c1-4-36-22-15-13-21(14-16-22)27(33)30-28(29-23-9-5-7-11-25(23)34-2)32-19-17-31(18-20-32)24-10-6-8-12-26(24)35-3/h5-16H,4,17-20H2,1-3H3,(H,29,30,33). The Morgan fingerprint density at radius 2 is 1.50 bits per heavy atom. The van der Waals surface area contributed by atoms with Crippen molar-refractivity contribution >= 4 is 23.2 Å². The number of rotatable bonds is 7. The minimum absolute atomic E-state index is 0.237. The van der Waals surface area contributed by atoms with Crippen molar-refractivity contribution in [1.29, 1.82) is 0 Å². The van der Waals surface area contributed by atoms with E-state index < -0.39 is 0 Å². The van der Waals surface area contributed by atoms with Crippen LogP contribution in [0.25, 0.3) is 0 Å². The zero-order valence-corrected chi connectivity index (χ0v) is 20.9. The van der Waals surface area contributed by atoms with Gasteiger partial charge >= 0.3 is 0 Å². The quantitative estimate of drug-likeness (QED) is 0.394. The summed E-state index contributed by atoms with van der Waals surface area (Å²) in [7, 11) is 3.29. The Bertz CT molecular complexity index is 1190. The summed E-state index contributed by atoms with van der Waals surface area (Å²) in [6.07, 6.45) is 0. The van der Waals surface area contributed by atoms with Crippen LogP contribution in [-0.4, -0.2) is 63.8 Å². The van der Waals surface area contributed by atoms with Crippen LogP contribution >= 0.6 is 0 Å². The van der Waals surface area contributed by atoms with E-state index in [-0.39, 0.29) is 5.91 Å². The number of methoxy groups -OCH3 is 2. The molecular formula is C28H32N4O4. The number of hydrogen-bond donors (Lipinski definition) is 1. The lowest BCUT2D eigenvalue weighted by molar-refractivity contribution is 0.0971. The molecule has 1 aliphatic rings. The molecule has 36 heavy (non-hydrogen) atoms. The van der Waals surface area contributed by atoms with E-state index in [1.807, 2.05) is 49.4 Å². The summed E-state index contributed by atoms with van der Waals surface area (Å²) in [4.78, 5) is 22.3. The maximum absolute atomic E-state index is 13.2. The van der Waals surface area contributed by atoms with E-state index in [4.69, 9.17) is 19.2 Å². The Morgan fingerprint density at radius 1 is 0.861 bits per heavy atom. The number of guanidine groups is 1. The number of nitrogens with one attached hydrogen (secondary N) is 1. The summed E-state index contributed by atoms with van der Waals surface area (Å²) >= 11 is 0. The minimum Gasteiger partial charge on any atom is -0.495 e. The molecule has 0 spiro atoms. The van der Waals surface area contributed by atoms with Gasteiger partial charge in [0.2, 0.25) is 5.96 Å². The predicted octanol–water partition coefficient (Wildman–Crippen LogP) is 4.34. The fourth-order valence-corrected chi connectivity index (χ4v) is 4.11. The van der Waals surface area contributed by atoms with Crippen LogP contribution < -0.4 is 24.4 Å². The van der Waals surface area contributed by atoms with Gasteiger partial charge in [-0.3, -0.25) is 10.1 Å². The third-order valence-corrected chi connectivity index (χ3v) is 5.97. The van der Waals surface area contributed by atoms with E-state index in [1.165, 1.54) is 0 Å². The second-order valence-corrected chi connectivity index (χ2v) is 8.16. The molecule has 1 fully saturated rings. The normalized spacial score (nSPS) is 13.8. The number of nitrogens with zero attached hydrogens (tertiary/aromatic N) is 3. The van der Waals surface area contributed by atoms with Crippen molar-refractivity contribution in [2.24, 2.45) is 4.99 Å². The molecule has 0 aliphatic carbocycles. The number of carbonyl (C=O) groups is 1. The van der Waals surface area contributed by atoms with Crippen LogP contribution in [0.1, 0.15) is 17.3 Å². The number of benzene rings is 3. The second kappa shape index (κ2) is 12.0. The molecule has 1 saturated heterocycles. The number of carbonyl (C=O) groups excluding carboxylic acids is 1. The molecular weight excluding hydrogens is 456 g/mol. The van der Waals surface area contributed by atoms with Gasteiger partial charge < -0.3 is 24.0 Å². The van der Waals surface area contributed by atoms with E-state index in [9.17, 15) is 4.79 Å². The molecule has 1 heterocycles. The molecule has 8 nitrogen and oxygen atoms in total. The molecule has 8 heteroatoms. The molecule has 0 bridgehead atoms. The van der Waals surface area contributed by atoms with Gasteiger partial charge in [0.25, 0.3) is 5.91 Å². The second-order valence-electron chi connectivity index (χ2n) is 8.16. The predicted molar refractivity (Wildman–Crippen MR) is 142 cm³/mol. The first-order chi connectivity index (χ1) is 17.6. The first-order valence-electron chi connectivity index (χ1n) is 12.0. The number of ether oxygens (including phenoxy) is 3. The number of piperazine rings is 1. The van der Waals surface area contributed by atoms with Crippen molar-refractivity contribution in [1.82, 2.24) is 10.2 Å². The van der Waals surface area contributed by atoms with Crippen molar-refractivity contribution in [3.63, 3.8) is 0 Å². The Labute approximate surface area is 212 Å². The molecule has 0 unspecified atom stereocenters. The Hall–Kier alpha value is -4.20. The van der Waals surface area contributed by atoms with Crippen molar-refractivity contribution < 1.29 is 19.0 Å². The zero-order chi connectivity index (χ0) is 25.3. The van der Waals surface area contributed by atoms with Gasteiger partial charge in [0.05, 0.1) is 26.5 Å². The topological polar surface area (TPSA) is 75.6 Å². The molecule has 0 atom stereocenters. The number of amides is 1. The number of anilines is 1. The Balaban J connectivity index is 1.56. The molecule has 188 valence electrons. The smallest absolute Gasteiger partial charge is 0.257 e. The maximum atomic E-state index is 13.2. The molecule has 1 N–H and O–H groups in total. The molecule has 3 aromatic carbocycles. The largest absolute Gasteiger partial charge is 0.495 e. The Kier molecular flexibility index (Phi) is 8.28. The first-order valence-corrected chi connectivity index (χ1v) is 12.0. The molecule has 0 radical (unpaired) electrons. The van der Waals surface area contributed by atoms with Crippen molar-refractivity contribution in [2.45, 2.75) is 6.92 Å². The molecule has 0 saturated carbocycles. The van der Waals surface area contributed by atoms with E-state index in [2.05, 4.69) is 21.2 Å².